The summed E-state index contributed by atoms with van der Waals surface area (Å²) < 4.78 is 0. The van der Waals surface area contributed by atoms with E-state index in [9.17, 15) is 9.90 Å². The van der Waals surface area contributed by atoms with Crippen molar-refractivity contribution in [2.24, 2.45) is 17.3 Å². The molecule has 1 spiro atoms. The second-order valence-electron chi connectivity index (χ2n) is 11.7. The van der Waals surface area contributed by atoms with Crippen LogP contribution in [0.4, 0.5) is 0 Å². The van der Waals surface area contributed by atoms with Crippen LogP contribution in [0.2, 0.25) is 0 Å². The third-order valence-corrected chi connectivity index (χ3v) is 10.1. The minimum atomic E-state index is 0.0168. The lowest BCUT2D eigenvalue weighted by atomic mass is 9.45. The van der Waals surface area contributed by atoms with Gasteiger partial charge in [0.15, 0.2) is 0 Å². The first-order valence-corrected chi connectivity index (χ1v) is 13.1. The monoisotopic (exact) mass is 454 g/mol. The maximum Gasteiger partial charge on any atom is 0.253 e. The summed E-state index contributed by atoms with van der Waals surface area (Å²) in [6, 6.07) is 16.4. The number of carbonyl (C=O) groups is 1. The van der Waals surface area contributed by atoms with E-state index in [1.54, 1.807) is 0 Å². The van der Waals surface area contributed by atoms with Gasteiger partial charge in [-0.2, -0.15) is 0 Å². The minimum absolute atomic E-state index is 0.0168. The Hall–Kier alpha value is -2.59. The van der Waals surface area contributed by atoms with Gasteiger partial charge in [0.1, 0.15) is 5.75 Å². The van der Waals surface area contributed by atoms with Crippen LogP contribution in [-0.2, 0) is 11.8 Å². The Morgan fingerprint density at radius 3 is 2.74 bits per heavy atom. The first kappa shape index (κ1) is 20.8. The number of hydrogen-bond donors (Lipinski definition) is 1. The van der Waals surface area contributed by atoms with Crippen molar-refractivity contribution < 1.29 is 9.90 Å². The molecule has 4 nitrogen and oxygen atoms in total. The number of carbonyl (C=O) groups excluding carboxylic acids is 1. The highest BCUT2D eigenvalue weighted by atomic mass is 16.3. The van der Waals surface area contributed by atoms with Gasteiger partial charge in [0.05, 0.1) is 0 Å². The van der Waals surface area contributed by atoms with Gasteiger partial charge in [0, 0.05) is 42.1 Å². The minimum Gasteiger partial charge on any atom is -0.508 e. The molecule has 2 aromatic carbocycles. The van der Waals surface area contributed by atoms with Gasteiger partial charge in [-0.25, -0.2) is 0 Å². The van der Waals surface area contributed by atoms with E-state index in [-0.39, 0.29) is 22.8 Å². The van der Waals surface area contributed by atoms with Crippen LogP contribution in [0.1, 0.15) is 53.6 Å². The lowest BCUT2D eigenvalue weighted by Gasteiger charge is -2.65. The number of amides is 1. The number of likely N-dealkylation sites (tertiary alicyclic amines) is 1. The molecular formula is C30H34N2O2. The molecule has 5 atom stereocenters. The lowest BCUT2D eigenvalue weighted by molar-refractivity contribution is -0.0934. The summed E-state index contributed by atoms with van der Waals surface area (Å²) >= 11 is 0. The number of rotatable bonds is 4. The Morgan fingerprint density at radius 1 is 1.12 bits per heavy atom. The topological polar surface area (TPSA) is 43.8 Å². The summed E-state index contributed by atoms with van der Waals surface area (Å²) in [6.07, 6.45) is 12.1. The van der Waals surface area contributed by atoms with E-state index in [0.29, 0.717) is 17.7 Å². The molecule has 1 saturated heterocycles. The molecule has 2 saturated carbocycles. The number of benzene rings is 2. The molecule has 1 heterocycles. The standard InChI is InChI=1S/C30H34N2O2/c1-31(28(34)21-5-3-2-4-6-21)26-18-29-13-14-32(19-20-7-8-20)27-12-10-23(26)17-30(27,29)16-22-9-11-24(33)15-25(22)29/h2-6,9-12,15,20,23,26-27,33H,7-8,13-14,16-19H2,1H3/t23?,26-,27?,29?,30?/m0/s1. The van der Waals surface area contributed by atoms with Crippen molar-refractivity contribution in [2.45, 2.75) is 56.0 Å². The Balaban J connectivity index is 1.32. The van der Waals surface area contributed by atoms with Crippen molar-refractivity contribution in [1.29, 1.82) is 0 Å². The van der Waals surface area contributed by atoms with E-state index >= 15 is 0 Å². The van der Waals surface area contributed by atoms with Gasteiger partial charge in [0.25, 0.3) is 5.91 Å². The van der Waals surface area contributed by atoms with Gasteiger partial charge in [-0.05, 0) is 92.3 Å². The van der Waals surface area contributed by atoms with Crippen molar-refractivity contribution in [3.63, 3.8) is 0 Å². The van der Waals surface area contributed by atoms with Crippen LogP contribution in [0, 0.1) is 17.3 Å². The second kappa shape index (κ2) is 7.21. The first-order chi connectivity index (χ1) is 16.5. The van der Waals surface area contributed by atoms with Gasteiger partial charge in [-0.15, -0.1) is 0 Å². The Morgan fingerprint density at radius 2 is 1.94 bits per heavy atom. The SMILES string of the molecule is CN(C(=O)c1ccccc1)[C@H]1CC23CCN(CC4CC4)C4C=CC1CC42Cc1ccc(O)cc13. The van der Waals surface area contributed by atoms with Crippen LogP contribution in [0.15, 0.2) is 60.7 Å². The fourth-order valence-electron chi connectivity index (χ4n) is 8.35. The Labute approximate surface area is 202 Å². The molecule has 5 aliphatic rings. The molecule has 4 unspecified atom stereocenters. The zero-order valence-electron chi connectivity index (χ0n) is 20.0. The van der Waals surface area contributed by atoms with Crippen LogP contribution < -0.4 is 0 Å². The summed E-state index contributed by atoms with van der Waals surface area (Å²) in [6.45, 7) is 2.34. The zero-order chi connectivity index (χ0) is 23.1. The molecule has 4 heteroatoms. The van der Waals surface area contributed by atoms with Gasteiger partial charge < -0.3 is 10.0 Å². The summed E-state index contributed by atoms with van der Waals surface area (Å²) in [5.41, 5.74) is 3.73. The van der Waals surface area contributed by atoms with Crippen LogP contribution in [0.5, 0.6) is 5.75 Å². The number of fused-ring (bicyclic) bond motifs is 2. The molecule has 1 amide bonds. The summed E-state index contributed by atoms with van der Waals surface area (Å²) in [5.74, 6) is 1.76. The molecule has 2 aromatic rings. The number of piperidine rings is 1. The Kier molecular flexibility index (Phi) is 4.40. The van der Waals surface area contributed by atoms with Crippen molar-refractivity contribution in [1.82, 2.24) is 9.80 Å². The maximum atomic E-state index is 13.5. The maximum absolute atomic E-state index is 13.5. The molecule has 4 aliphatic carbocycles. The summed E-state index contributed by atoms with van der Waals surface area (Å²) in [7, 11) is 2.00. The number of phenols is 1. The molecule has 3 fully saturated rings. The Bertz CT molecular complexity index is 1170. The molecule has 2 bridgehead atoms. The van der Waals surface area contributed by atoms with Gasteiger partial charge in [0.2, 0.25) is 0 Å². The predicted molar refractivity (Wildman–Crippen MR) is 133 cm³/mol. The number of phenolic OH excluding ortho intramolecular Hbond substituents is 1. The molecule has 0 aromatic heterocycles. The first-order valence-electron chi connectivity index (χ1n) is 13.1. The fraction of sp³-hybridized carbons (Fsp3) is 0.500. The van der Waals surface area contributed by atoms with Crippen molar-refractivity contribution in [2.75, 3.05) is 20.1 Å². The molecule has 34 heavy (non-hydrogen) atoms. The average Bonchev–Trinajstić information content (AvgIpc) is 3.64. The van der Waals surface area contributed by atoms with Gasteiger partial charge in [-0.1, -0.05) is 36.4 Å². The van der Waals surface area contributed by atoms with Crippen LogP contribution in [-0.4, -0.2) is 53.0 Å². The molecular weight excluding hydrogens is 420 g/mol. The van der Waals surface area contributed by atoms with Crippen LogP contribution >= 0.6 is 0 Å². The van der Waals surface area contributed by atoms with Crippen molar-refractivity contribution in [3.05, 3.63) is 77.4 Å². The summed E-state index contributed by atoms with van der Waals surface area (Å²) in [4.78, 5) is 18.3. The molecule has 7 rings (SSSR count). The van der Waals surface area contributed by atoms with Crippen molar-refractivity contribution >= 4 is 5.91 Å². The van der Waals surface area contributed by atoms with Gasteiger partial charge >= 0.3 is 0 Å². The molecule has 1 aliphatic heterocycles. The smallest absolute Gasteiger partial charge is 0.253 e. The average molecular weight is 455 g/mol. The highest BCUT2D eigenvalue weighted by Gasteiger charge is 2.68. The highest BCUT2D eigenvalue weighted by molar-refractivity contribution is 5.94. The van der Waals surface area contributed by atoms with E-state index in [1.807, 2.05) is 48.3 Å². The number of hydrogen-bond acceptors (Lipinski definition) is 3. The van der Waals surface area contributed by atoms with Crippen LogP contribution in [0.25, 0.3) is 0 Å². The summed E-state index contributed by atoms with van der Waals surface area (Å²) in [5, 5.41) is 10.5. The zero-order valence-corrected chi connectivity index (χ0v) is 20.0. The van der Waals surface area contributed by atoms with Crippen LogP contribution in [0.3, 0.4) is 0 Å². The highest BCUT2D eigenvalue weighted by Crippen LogP contribution is 2.68. The number of nitrogens with zero attached hydrogens (tertiary/aromatic N) is 2. The third kappa shape index (κ3) is 2.78. The van der Waals surface area contributed by atoms with E-state index < -0.39 is 0 Å². The molecule has 176 valence electrons. The normalized spacial score (nSPS) is 35.5. The molecule has 1 N–H and O–H groups in total. The third-order valence-electron chi connectivity index (χ3n) is 10.1. The predicted octanol–water partition coefficient (Wildman–Crippen LogP) is 4.78. The lowest BCUT2D eigenvalue weighted by Crippen LogP contribution is -2.68. The van der Waals surface area contributed by atoms with Gasteiger partial charge in [-0.3, -0.25) is 9.69 Å². The quantitative estimate of drug-likeness (QED) is 0.677. The van der Waals surface area contributed by atoms with Crippen molar-refractivity contribution in [3.8, 4) is 5.75 Å². The molecule has 0 radical (unpaired) electrons. The largest absolute Gasteiger partial charge is 0.508 e. The van der Waals surface area contributed by atoms with E-state index in [0.717, 1.165) is 43.7 Å². The number of aromatic hydroxyl groups is 1. The van der Waals surface area contributed by atoms with E-state index in [4.69, 9.17) is 0 Å². The fourth-order valence-corrected chi connectivity index (χ4v) is 8.35. The second-order valence-corrected chi connectivity index (χ2v) is 11.7. The van der Waals surface area contributed by atoms with E-state index in [1.165, 1.54) is 30.5 Å². The van der Waals surface area contributed by atoms with E-state index in [2.05, 4.69) is 29.2 Å².